The maximum Gasteiger partial charge on any atom is 0.243 e. The average Bonchev–Trinajstić information content (AvgIpc) is 2.69. The first-order valence-electron chi connectivity index (χ1n) is 8.79. The lowest BCUT2D eigenvalue weighted by atomic mass is 10.3. The number of aliphatic hydroxyl groups excluding tert-OH is 1. The second-order valence-corrected chi connectivity index (χ2v) is 8.81. The molecule has 1 atom stereocenters. The summed E-state index contributed by atoms with van der Waals surface area (Å²) < 4.78 is 32.3. The van der Waals surface area contributed by atoms with Gasteiger partial charge in [-0.25, -0.2) is 8.42 Å². The van der Waals surface area contributed by atoms with Crippen LogP contribution >= 0.6 is 11.6 Å². The third-order valence-corrected chi connectivity index (χ3v) is 6.60. The number of rotatable bonds is 7. The largest absolute Gasteiger partial charge is 0.491 e. The zero-order valence-corrected chi connectivity index (χ0v) is 16.4. The second-order valence-electron chi connectivity index (χ2n) is 6.44. The Bertz CT molecular complexity index is 823. The minimum absolute atomic E-state index is 0.171. The van der Waals surface area contributed by atoms with Crippen molar-refractivity contribution in [2.24, 2.45) is 0 Å². The van der Waals surface area contributed by atoms with Gasteiger partial charge in [0.1, 0.15) is 18.5 Å². The van der Waals surface area contributed by atoms with Gasteiger partial charge in [-0.1, -0.05) is 29.8 Å². The van der Waals surface area contributed by atoms with E-state index in [-0.39, 0.29) is 6.61 Å². The van der Waals surface area contributed by atoms with Crippen molar-refractivity contribution in [2.75, 3.05) is 39.3 Å². The van der Waals surface area contributed by atoms with Crippen molar-refractivity contribution in [3.05, 3.63) is 59.6 Å². The summed E-state index contributed by atoms with van der Waals surface area (Å²) in [5, 5.41) is 10.8. The zero-order valence-electron chi connectivity index (χ0n) is 14.9. The minimum Gasteiger partial charge on any atom is -0.491 e. The Kier molecular flexibility index (Phi) is 6.73. The van der Waals surface area contributed by atoms with Crippen LogP contribution in [0.5, 0.6) is 5.75 Å². The molecule has 0 saturated carbocycles. The molecule has 0 aliphatic carbocycles. The highest BCUT2D eigenvalue weighted by molar-refractivity contribution is 7.89. The number of benzene rings is 2. The summed E-state index contributed by atoms with van der Waals surface area (Å²) in [5.74, 6) is 0.650. The van der Waals surface area contributed by atoms with Gasteiger partial charge < -0.3 is 9.84 Å². The summed E-state index contributed by atoms with van der Waals surface area (Å²) >= 11 is 5.83. The molecule has 0 spiro atoms. The molecular formula is C19H23ClN2O4S. The second kappa shape index (κ2) is 9.03. The van der Waals surface area contributed by atoms with Gasteiger partial charge in [-0.15, -0.1) is 0 Å². The molecule has 1 fully saturated rings. The Morgan fingerprint density at radius 3 is 2.26 bits per heavy atom. The smallest absolute Gasteiger partial charge is 0.243 e. The van der Waals surface area contributed by atoms with E-state index < -0.39 is 16.1 Å². The van der Waals surface area contributed by atoms with Crippen LogP contribution in [0, 0.1) is 0 Å². The van der Waals surface area contributed by atoms with Gasteiger partial charge in [-0.05, 0) is 36.4 Å². The van der Waals surface area contributed by atoms with Crippen molar-refractivity contribution < 1.29 is 18.3 Å². The monoisotopic (exact) mass is 410 g/mol. The molecule has 27 heavy (non-hydrogen) atoms. The highest BCUT2D eigenvalue weighted by atomic mass is 35.5. The quantitative estimate of drug-likeness (QED) is 0.756. The van der Waals surface area contributed by atoms with Crippen molar-refractivity contribution in [2.45, 2.75) is 11.0 Å². The van der Waals surface area contributed by atoms with E-state index in [1.54, 1.807) is 54.6 Å². The summed E-state index contributed by atoms with van der Waals surface area (Å²) in [5.41, 5.74) is 0. The van der Waals surface area contributed by atoms with Crippen molar-refractivity contribution in [3.63, 3.8) is 0 Å². The van der Waals surface area contributed by atoms with Crippen molar-refractivity contribution >= 4 is 21.6 Å². The number of nitrogens with zero attached hydrogens (tertiary/aromatic N) is 2. The molecule has 0 aromatic heterocycles. The molecule has 0 radical (unpaired) electrons. The summed E-state index contributed by atoms with van der Waals surface area (Å²) in [4.78, 5) is 2.36. The van der Waals surface area contributed by atoms with Crippen LogP contribution < -0.4 is 4.74 Å². The van der Waals surface area contributed by atoms with Gasteiger partial charge in [0.05, 0.1) is 4.90 Å². The fourth-order valence-electron chi connectivity index (χ4n) is 2.97. The Morgan fingerprint density at radius 1 is 1.00 bits per heavy atom. The third kappa shape index (κ3) is 5.43. The lowest BCUT2D eigenvalue weighted by molar-refractivity contribution is 0.0569. The molecule has 0 bridgehead atoms. The van der Waals surface area contributed by atoms with Crippen LogP contribution in [0.2, 0.25) is 5.02 Å². The van der Waals surface area contributed by atoms with Crippen LogP contribution in [0.25, 0.3) is 0 Å². The van der Waals surface area contributed by atoms with E-state index in [9.17, 15) is 13.5 Å². The lowest BCUT2D eigenvalue weighted by Crippen LogP contribution is -2.50. The van der Waals surface area contributed by atoms with Gasteiger partial charge in [-0.2, -0.15) is 4.31 Å². The van der Waals surface area contributed by atoms with Crippen LogP contribution in [0.15, 0.2) is 59.5 Å². The minimum atomic E-state index is -3.46. The number of aliphatic hydroxyl groups is 1. The van der Waals surface area contributed by atoms with Crippen LogP contribution in [0.3, 0.4) is 0 Å². The van der Waals surface area contributed by atoms with Crippen molar-refractivity contribution in [3.8, 4) is 5.75 Å². The SMILES string of the molecule is O=S(=O)(c1ccccc1)N1CCN(CC(O)COc2ccc(Cl)cc2)CC1. The number of sulfonamides is 1. The van der Waals surface area contributed by atoms with E-state index in [4.69, 9.17) is 16.3 Å². The van der Waals surface area contributed by atoms with E-state index in [0.717, 1.165) is 0 Å². The Balaban J connectivity index is 1.45. The molecule has 1 N–H and O–H groups in total. The van der Waals surface area contributed by atoms with Crippen molar-refractivity contribution in [1.82, 2.24) is 9.21 Å². The van der Waals surface area contributed by atoms with E-state index >= 15 is 0 Å². The van der Waals surface area contributed by atoms with Gasteiger partial charge in [0.2, 0.25) is 10.0 Å². The van der Waals surface area contributed by atoms with E-state index in [1.807, 2.05) is 4.90 Å². The molecule has 8 heteroatoms. The molecule has 2 aromatic rings. The first kappa shape index (κ1) is 20.1. The van der Waals surface area contributed by atoms with Crippen molar-refractivity contribution in [1.29, 1.82) is 0 Å². The maximum atomic E-state index is 12.6. The molecule has 1 aliphatic rings. The predicted molar refractivity (Wildman–Crippen MR) is 105 cm³/mol. The van der Waals surface area contributed by atoms with Gasteiger partial charge in [0, 0.05) is 37.7 Å². The van der Waals surface area contributed by atoms with Crippen LogP contribution in [0.4, 0.5) is 0 Å². The molecule has 6 nitrogen and oxygen atoms in total. The predicted octanol–water partition coefficient (Wildman–Crippen LogP) is 2.09. The molecule has 146 valence electrons. The average molecular weight is 411 g/mol. The zero-order chi connectivity index (χ0) is 19.3. The fourth-order valence-corrected chi connectivity index (χ4v) is 4.54. The molecule has 2 aromatic carbocycles. The number of β-amino-alcohol motifs (C(OH)–C–C–N with tert-alkyl or cyclic N) is 1. The number of ether oxygens (including phenoxy) is 1. The molecular weight excluding hydrogens is 388 g/mol. The van der Waals surface area contributed by atoms with Crippen LogP contribution in [-0.2, 0) is 10.0 Å². The number of hydrogen-bond donors (Lipinski definition) is 1. The molecule has 1 aliphatic heterocycles. The number of hydrogen-bond acceptors (Lipinski definition) is 5. The molecule has 0 amide bonds. The van der Waals surface area contributed by atoms with Crippen LogP contribution in [-0.4, -0.2) is 68.2 Å². The Morgan fingerprint density at radius 2 is 1.63 bits per heavy atom. The molecule has 1 saturated heterocycles. The standard InChI is InChI=1S/C19H23ClN2O4S/c20-16-6-8-18(9-7-16)26-15-17(23)14-21-10-12-22(13-11-21)27(24,25)19-4-2-1-3-5-19/h1-9,17,23H,10-15H2. The Labute approximate surface area is 165 Å². The molecule has 3 rings (SSSR count). The van der Waals surface area contributed by atoms with E-state index in [2.05, 4.69) is 0 Å². The maximum absolute atomic E-state index is 12.6. The first-order valence-corrected chi connectivity index (χ1v) is 10.6. The summed E-state index contributed by atoms with van der Waals surface area (Å²) in [6.07, 6.45) is -0.655. The third-order valence-electron chi connectivity index (χ3n) is 4.44. The van der Waals surface area contributed by atoms with Gasteiger partial charge in [-0.3, -0.25) is 4.90 Å². The van der Waals surface area contributed by atoms with Gasteiger partial charge in [0.25, 0.3) is 0 Å². The summed E-state index contributed by atoms with van der Waals surface area (Å²) in [6, 6.07) is 15.4. The van der Waals surface area contributed by atoms with Gasteiger partial charge in [0.15, 0.2) is 0 Å². The van der Waals surface area contributed by atoms with E-state index in [1.165, 1.54) is 4.31 Å². The fraction of sp³-hybridized carbons (Fsp3) is 0.368. The summed E-state index contributed by atoms with van der Waals surface area (Å²) in [7, 11) is -3.46. The number of piperazine rings is 1. The Hall–Kier alpha value is -1.64. The van der Waals surface area contributed by atoms with Crippen LogP contribution in [0.1, 0.15) is 0 Å². The van der Waals surface area contributed by atoms with E-state index in [0.29, 0.717) is 48.4 Å². The molecule has 1 heterocycles. The highest BCUT2D eigenvalue weighted by Crippen LogP contribution is 2.18. The number of halogens is 1. The summed E-state index contributed by atoms with van der Waals surface area (Å²) in [6.45, 7) is 2.56. The topological polar surface area (TPSA) is 70.1 Å². The highest BCUT2D eigenvalue weighted by Gasteiger charge is 2.28. The first-order chi connectivity index (χ1) is 12.9. The normalized spacial score (nSPS) is 17.6. The van der Waals surface area contributed by atoms with Gasteiger partial charge >= 0.3 is 0 Å². The molecule has 1 unspecified atom stereocenters. The lowest BCUT2D eigenvalue weighted by Gasteiger charge is -2.34.